The number of ether oxygens (including phenoxy) is 1. The summed E-state index contributed by atoms with van der Waals surface area (Å²) in [6.07, 6.45) is 1.72. The van der Waals surface area contributed by atoms with Crippen LogP contribution >= 0.6 is 23.2 Å². The van der Waals surface area contributed by atoms with Gasteiger partial charge in [-0.05, 0) is 43.8 Å². The van der Waals surface area contributed by atoms with Crippen LogP contribution in [0, 0.1) is 0 Å². The van der Waals surface area contributed by atoms with Crippen LogP contribution in [-0.2, 0) is 13.0 Å². The number of aromatic nitrogens is 2. The first-order valence-electron chi connectivity index (χ1n) is 9.33. The molecule has 0 bridgehead atoms. The van der Waals surface area contributed by atoms with Gasteiger partial charge in [-0.3, -0.25) is 0 Å². The van der Waals surface area contributed by atoms with Crippen molar-refractivity contribution in [3.05, 3.63) is 81.5 Å². The monoisotopic (exact) mass is 417 g/mol. The molecule has 0 saturated carbocycles. The quantitative estimate of drug-likeness (QED) is 0.450. The Bertz CT molecular complexity index is 894. The Labute approximate surface area is 176 Å². The lowest BCUT2D eigenvalue weighted by Gasteiger charge is -2.12. The van der Waals surface area contributed by atoms with Gasteiger partial charge in [0, 0.05) is 19.0 Å². The van der Waals surface area contributed by atoms with Gasteiger partial charge in [-0.2, -0.15) is 5.10 Å². The number of hydrogen-bond donors (Lipinski definition) is 0. The Morgan fingerprint density at radius 2 is 1.75 bits per heavy atom. The fraction of sp³-hybridized carbons (Fsp3) is 0.318. The van der Waals surface area contributed by atoms with Crippen molar-refractivity contribution in [2.75, 3.05) is 27.2 Å². The third kappa shape index (κ3) is 5.99. The highest BCUT2D eigenvalue weighted by Crippen LogP contribution is 2.24. The fourth-order valence-electron chi connectivity index (χ4n) is 2.94. The molecule has 0 N–H and O–H groups in total. The van der Waals surface area contributed by atoms with Crippen LogP contribution in [0.15, 0.2) is 54.6 Å². The predicted octanol–water partition coefficient (Wildman–Crippen LogP) is 5.16. The maximum absolute atomic E-state index is 6.17. The Balaban J connectivity index is 1.77. The van der Waals surface area contributed by atoms with E-state index < -0.39 is 0 Å². The average Bonchev–Trinajstić information content (AvgIpc) is 3.03. The summed E-state index contributed by atoms with van der Waals surface area (Å²) in [4.78, 5) is 2.15. The summed E-state index contributed by atoms with van der Waals surface area (Å²) in [5.41, 5.74) is 3.23. The van der Waals surface area contributed by atoms with Crippen LogP contribution in [0.3, 0.4) is 0 Å². The molecule has 0 aliphatic heterocycles. The van der Waals surface area contributed by atoms with Gasteiger partial charge < -0.3 is 9.64 Å². The van der Waals surface area contributed by atoms with Gasteiger partial charge in [-0.15, -0.1) is 0 Å². The molecule has 0 unspecified atom stereocenters. The van der Waals surface area contributed by atoms with Gasteiger partial charge in [0.25, 0.3) is 0 Å². The smallest absolute Gasteiger partial charge is 0.212 e. The van der Waals surface area contributed by atoms with E-state index in [0.717, 1.165) is 36.5 Å². The van der Waals surface area contributed by atoms with E-state index in [9.17, 15) is 0 Å². The second-order valence-corrected chi connectivity index (χ2v) is 7.86. The van der Waals surface area contributed by atoms with Gasteiger partial charge in [-0.1, -0.05) is 59.6 Å². The van der Waals surface area contributed by atoms with Crippen molar-refractivity contribution in [3.8, 4) is 5.88 Å². The zero-order chi connectivity index (χ0) is 19.9. The molecule has 0 saturated heterocycles. The largest absolute Gasteiger partial charge is 0.478 e. The summed E-state index contributed by atoms with van der Waals surface area (Å²) in [6.45, 7) is 2.21. The summed E-state index contributed by atoms with van der Waals surface area (Å²) in [7, 11) is 4.12. The Kier molecular flexibility index (Phi) is 7.37. The van der Waals surface area contributed by atoms with Crippen molar-refractivity contribution in [2.24, 2.45) is 0 Å². The standard InChI is InChI=1S/C22H25Cl2N3O/c1-26(2)11-6-12-28-22-15-19(13-17-7-4-3-5-8-17)25-27(22)16-18-9-10-20(23)21(24)14-18/h3-5,7-10,14-15H,6,11-13,16H2,1-2H3. The van der Waals surface area contributed by atoms with Crippen LogP contribution in [-0.4, -0.2) is 41.9 Å². The van der Waals surface area contributed by atoms with Crippen molar-refractivity contribution in [2.45, 2.75) is 19.4 Å². The number of benzene rings is 2. The van der Waals surface area contributed by atoms with Crippen molar-refractivity contribution >= 4 is 23.2 Å². The molecular weight excluding hydrogens is 393 g/mol. The maximum Gasteiger partial charge on any atom is 0.212 e. The van der Waals surface area contributed by atoms with Crippen molar-refractivity contribution in [1.82, 2.24) is 14.7 Å². The van der Waals surface area contributed by atoms with E-state index in [1.807, 2.05) is 47.1 Å². The molecule has 1 heterocycles. The third-order valence-electron chi connectivity index (χ3n) is 4.34. The minimum atomic E-state index is 0.546. The molecule has 1 aromatic heterocycles. The van der Waals surface area contributed by atoms with Crippen LogP contribution in [0.2, 0.25) is 10.0 Å². The van der Waals surface area contributed by atoms with Gasteiger partial charge in [0.05, 0.1) is 28.9 Å². The Hall–Kier alpha value is -2.01. The highest BCUT2D eigenvalue weighted by molar-refractivity contribution is 6.42. The molecular formula is C22H25Cl2N3O. The third-order valence-corrected chi connectivity index (χ3v) is 5.08. The lowest BCUT2D eigenvalue weighted by molar-refractivity contribution is 0.260. The number of rotatable bonds is 9. The first-order valence-corrected chi connectivity index (χ1v) is 10.1. The SMILES string of the molecule is CN(C)CCCOc1cc(Cc2ccccc2)nn1Cc1ccc(Cl)c(Cl)c1. The number of halogens is 2. The zero-order valence-electron chi connectivity index (χ0n) is 16.2. The first-order chi connectivity index (χ1) is 13.5. The van der Waals surface area contributed by atoms with Gasteiger partial charge in [0.1, 0.15) is 0 Å². The summed E-state index contributed by atoms with van der Waals surface area (Å²) >= 11 is 12.2. The molecule has 28 heavy (non-hydrogen) atoms. The van der Waals surface area contributed by atoms with Gasteiger partial charge >= 0.3 is 0 Å². The normalized spacial score (nSPS) is 11.2. The summed E-state index contributed by atoms with van der Waals surface area (Å²) < 4.78 is 7.94. The molecule has 148 valence electrons. The van der Waals surface area contributed by atoms with E-state index in [2.05, 4.69) is 31.1 Å². The van der Waals surface area contributed by atoms with Gasteiger partial charge in [0.2, 0.25) is 5.88 Å². The van der Waals surface area contributed by atoms with Crippen LogP contribution in [0.4, 0.5) is 0 Å². The lowest BCUT2D eigenvalue weighted by atomic mass is 10.1. The summed E-state index contributed by atoms with van der Waals surface area (Å²) in [5.74, 6) is 0.774. The highest BCUT2D eigenvalue weighted by Gasteiger charge is 2.11. The topological polar surface area (TPSA) is 30.3 Å². The number of hydrogen-bond acceptors (Lipinski definition) is 3. The summed E-state index contributed by atoms with van der Waals surface area (Å²) in [5, 5.41) is 5.87. The maximum atomic E-state index is 6.17. The molecule has 3 rings (SSSR count). The van der Waals surface area contributed by atoms with Gasteiger partial charge in [-0.25, -0.2) is 4.68 Å². The zero-order valence-corrected chi connectivity index (χ0v) is 17.7. The summed E-state index contributed by atoms with van der Waals surface area (Å²) in [6, 6.07) is 18.0. The van der Waals surface area contributed by atoms with Crippen LogP contribution in [0.5, 0.6) is 5.88 Å². The molecule has 4 nitrogen and oxygen atoms in total. The minimum absolute atomic E-state index is 0.546. The van der Waals surface area contributed by atoms with E-state index in [0.29, 0.717) is 23.2 Å². The molecule has 2 aromatic carbocycles. The van der Waals surface area contributed by atoms with Crippen LogP contribution in [0.25, 0.3) is 0 Å². The minimum Gasteiger partial charge on any atom is -0.478 e. The van der Waals surface area contributed by atoms with Crippen molar-refractivity contribution in [1.29, 1.82) is 0 Å². The predicted molar refractivity (Wildman–Crippen MR) is 116 cm³/mol. The van der Waals surface area contributed by atoms with Gasteiger partial charge in [0.15, 0.2) is 0 Å². The lowest BCUT2D eigenvalue weighted by Crippen LogP contribution is -2.16. The highest BCUT2D eigenvalue weighted by atomic mass is 35.5. The molecule has 0 aliphatic carbocycles. The average molecular weight is 418 g/mol. The second kappa shape index (κ2) is 9.97. The Morgan fingerprint density at radius 1 is 0.964 bits per heavy atom. The van der Waals surface area contributed by atoms with Crippen molar-refractivity contribution in [3.63, 3.8) is 0 Å². The van der Waals surface area contributed by atoms with Crippen molar-refractivity contribution < 1.29 is 4.74 Å². The molecule has 0 fully saturated rings. The molecule has 0 amide bonds. The Morgan fingerprint density at radius 3 is 2.46 bits per heavy atom. The van der Waals surface area contributed by atoms with E-state index in [1.54, 1.807) is 0 Å². The molecule has 0 aliphatic rings. The van der Waals surface area contributed by atoms with Crippen LogP contribution < -0.4 is 4.74 Å². The fourth-order valence-corrected chi connectivity index (χ4v) is 3.26. The van der Waals surface area contributed by atoms with E-state index in [1.165, 1.54) is 5.56 Å². The molecule has 3 aromatic rings. The van der Waals surface area contributed by atoms with Crippen LogP contribution in [0.1, 0.15) is 23.2 Å². The van der Waals surface area contributed by atoms with E-state index >= 15 is 0 Å². The van der Waals surface area contributed by atoms with E-state index in [4.69, 9.17) is 33.0 Å². The second-order valence-electron chi connectivity index (χ2n) is 7.05. The van der Waals surface area contributed by atoms with E-state index in [-0.39, 0.29) is 0 Å². The molecule has 0 spiro atoms. The molecule has 0 radical (unpaired) electrons. The number of nitrogens with zero attached hydrogens (tertiary/aromatic N) is 3. The first kappa shape index (κ1) is 20.7. The molecule has 6 heteroatoms. The molecule has 0 atom stereocenters.